The first-order chi connectivity index (χ1) is 7.15. The molecule has 0 aromatic rings. The lowest BCUT2D eigenvalue weighted by molar-refractivity contribution is -0.126. The van der Waals surface area contributed by atoms with Crippen molar-refractivity contribution in [3.05, 3.63) is 0 Å². The fraction of sp³-hybridized carbons (Fsp3) is 0.900. The maximum absolute atomic E-state index is 11.7. The van der Waals surface area contributed by atoms with Gasteiger partial charge in [0.1, 0.15) is 0 Å². The maximum atomic E-state index is 11.7. The van der Waals surface area contributed by atoms with E-state index in [1.54, 1.807) is 0 Å². The molecule has 88 valence electrons. The fourth-order valence-electron chi connectivity index (χ4n) is 1.76. The van der Waals surface area contributed by atoms with E-state index in [1.165, 1.54) is 7.11 Å². The van der Waals surface area contributed by atoms with E-state index in [1.807, 2.05) is 0 Å². The van der Waals surface area contributed by atoms with Crippen molar-refractivity contribution >= 4 is 5.91 Å². The summed E-state index contributed by atoms with van der Waals surface area (Å²) in [5.74, 6) is 0.409. The molecule has 15 heavy (non-hydrogen) atoms. The van der Waals surface area contributed by atoms with Gasteiger partial charge in [-0.1, -0.05) is 6.92 Å². The Hall–Kier alpha value is -0.650. The van der Waals surface area contributed by atoms with E-state index in [2.05, 4.69) is 17.6 Å². The van der Waals surface area contributed by atoms with Gasteiger partial charge in [0, 0.05) is 20.2 Å². The molecule has 0 radical (unpaired) electrons. The lowest BCUT2D eigenvalue weighted by Crippen LogP contribution is -2.39. The van der Waals surface area contributed by atoms with Gasteiger partial charge in [0.25, 0.3) is 0 Å². The number of carbonyl (C=O) groups is 1. The summed E-state index contributed by atoms with van der Waals surface area (Å²) in [5.41, 5.74) is 0. The molecular formula is C10H20N2O3. The molecule has 5 heteroatoms. The minimum Gasteiger partial charge on any atom is -0.389 e. The lowest BCUT2D eigenvalue weighted by atomic mass is 9.97. The van der Waals surface area contributed by atoms with Crippen molar-refractivity contribution < 1.29 is 14.6 Å². The van der Waals surface area contributed by atoms with Crippen LogP contribution in [0.4, 0.5) is 0 Å². The molecule has 0 bridgehead atoms. The SMILES string of the molecule is COCC(O)CNC(=O)[C@@H]1CNC[C@H]1C. The Morgan fingerprint density at radius 2 is 2.40 bits per heavy atom. The van der Waals surface area contributed by atoms with Crippen LogP contribution in [-0.4, -0.2) is 50.5 Å². The van der Waals surface area contributed by atoms with Crippen LogP contribution >= 0.6 is 0 Å². The van der Waals surface area contributed by atoms with Gasteiger partial charge < -0.3 is 20.5 Å². The van der Waals surface area contributed by atoms with Crippen molar-refractivity contribution in [1.82, 2.24) is 10.6 Å². The van der Waals surface area contributed by atoms with Gasteiger partial charge in [-0.3, -0.25) is 4.79 Å². The number of aliphatic hydroxyl groups excluding tert-OH is 1. The summed E-state index contributed by atoms with van der Waals surface area (Å²) in [6.45, 7) is 4.18. The second-order valence-electron chi connectivity index (χ2n) is 4.10. The van der Waals surface area contributed by atoms with Gasteiger partial charge in [0.15, 0.2) is 0 Å². The Morgan fingerprint density at radius 3 is 2.93 bits per heavy atom. The predicted molar refractivity (Wildman–Crippen MR) is 56.4 cm³/mol. The zero-order chi connectivity index (χ0) is 11.3. The van der Waals surface area contributed by atoms with Gasteiger partial charge in [-0.15, -0.1) is 0 Å². The first kappa shape index (κ1) is 12.4. The van der Waals surface area contributed by atoms with Crippen molar-refractivity contribution in [3.63, 3.8) is 0 Å². The van der Waals surface area contributed by atoms with Crippen molar-refractivity contribution in [3.8, 4) is 0 Å². The number of methoxy groups -OCH3 is 1. The van der Waals surface area contributed by atoms with Crippen molar-refractivity contribution in [2.45, 2.75) is 13.0 Å². The van der Waals surface area contributed by atoms with E-state index in [4.69, 9.17) is 4.74 Å². The molecule has 3 N–H and O–H groups in total. The second kappa shape index (κ2) is 6.05. The molecule has 1 aliphatic heterocycles. The third kappa shape index (κ3) is 3.77. The van der Waals surface area contributed by atoms with Crippen molar-refractivity contribution in [2.24, 2.45) is 11.8 Å². The van der Waals surface area contributed by atoms with Crippen molar-refractivity contribution in [2.75, 3.05) is 33.4 Å². The molecule has 0 spiro atoms. The normalized spacial score (nSPS) is 27.7. The minimum absolute atomic E-state index is 0.0163. The summed E-state index contributed by atoms with van der Waals surface area (Å²) in [6.07, 6.45) is -0.622. The standard InChI is InChI=1S/C10H20N2O3/c1-7-3-11-5-9(7)10(14)12-4-8(13)6-15-2/h7-9,11,13H,3-6H2,1-2H3,(H,12,14)/t7-,8?,9-/m1/s1. The number of rotatable bonds is 5. The van der Waals surface area contributed by atoms with Crippen LogP contribution in [0.5, 0.6) is 0 Å². The summed E-state index contributed by atoms with van der Waals surface area (Å²) in [5, 5.41) is 15.2. The highest BCUT2D eigenvalue weighted by molar-refractivity contribution is 5.79. The Bertz CT molecular complexity index is 211. The third-order valence-electron chi connectivity index (χ3n) is 2.73. The maximum Gasteiger partial charge on any atom is 0.224 e. The lowest BCUT2D eigenvalue weighted by Gasteiger charge is -2.16. The molecule has 0 aromatic carbocycles. The highest BCUT2D eigenvalue weighted by atomic mass is 16.5. The molecule has 1 rings (SSSR count). The van der Waals surface area contributed by atoms with Gasteiger partial charge in [0.05, 0.1) is 18.6 Å². The summed E-state index contributed by atoms with van der Waals surface area (Å²) >= 11 is 0. The number of aliphatic hydroxyl groups is 1. The van der Waals surface area contributed by atoms with Crippen LogP contribution < -0.4 is 10.6 Å². The molecule has 1 unspecified atom stereocenters. The van der Waals surface area contributed by atoms with Crippen LogP contribution in [0.15, 0.2) is 0 Å². The number of hydrogen-bond acceptors (Lipinski definition) is 4. The topological polar surface area (TPSA) is 70.6 Å². The van der Waals surface area contributed by atoms with Crippen LogP contribution in [0.2, 0.25) is 0 Å². The largest absolute Gasteiger partial charge is 0.389 e. The van der Waals surface area contributed by atoms with Gasteiger partial charge in [-0.25, -0.2) is 0 Å². The quantitative estimate of drug-likeness (QED) is 0.549. The van der Waals surface area contributed by atoms with Crippen LogP contribution in [0.3, 0.4) is 0 Å². The average molecular weight is 216 g/mol. The number of amides is 1. The van der Waals surface area contributed by atoms with E-state index in [-0.39, 0.29) is 25.0 Å². The number of ether oxygens (including phenoxy) is 1. The predicted octanol–water partition coefficient (Wildman–Crippen LogP) is -1.03. The smallest absolute Gasteiger partial charge is 0.224 e. The number of nitrogens with one attached hydrogen (secondary N) is 2. The first-order valence-corrected chi connectivity index (χ1v) is 5.30. The number of carbonyl (C=O) groups excluding carboxylic acids is 1. The van der Waals surface area contributed by atoms with Crippen LogP contribution in [-0.2, 0) is 9.53 Å². The summed E-state index contributed by atoms with van der Waals surface area (Å²) < 4.78 is 4.77. The zero-order valence-corrected chi connectivity index (χ0v) is 9.32. The molecule has 3 atom stereocenters. The van der Waals surface area contributed by atoms with Crippen LogP contribution in [0.25, 0.3) is 0 Å². The third-order valence-corrected chi connectivity index (χ3v) is 2.73. The van der Waals surface area contributed by atoms with E-state index in [9.17, 15) is 9.90 Å². The van der Waals surface area contributed by atoms with E-state index in [0.717, 1.165) is 13.1 Å². The molecule has 1 heterocycles. The summed E-state index contributed by atoms with van der Waals surface area (Å²) in [7, 11) is 1.52. The van der Waals surface area contributed by atoms with E-state index in [0.29, 0.717) is 5.92 Å². The Kier molecular flexibility index (Phi) is 5.01. The molecular weight excluding hydrogens is 196 g/mol. The molecule has 5 nitrogen and oxygen atoms in total. The molecule has 1 amide bonds. The summed E-state index contributed by atoms with van der Waals surface area (Å²) in [4.78, 5) is 11.7. The molecule has 1 aliphatic rings. The Morgan fingerprint density at radius 1 is 1.67 bits per heavy atom. The second-order valence-corrected chi connectivity index (χ2v) is 4.10. The Balaban J connectivity index is 2.23. The van der Waals surface area contributed by atoms with Crippen molar-refractivity contribution in [1.29, 1.82) is 0 Å². The van der Waals surface area contributed by atoms with Gasteiger partial charge in [-0.05, 0) is 12.5 Å². The summed E-state index contributed by atoms with van der Waals surface area (Å²) in [6, 6.07) is 0. The van der Waals surface area contributed by atoms with Gasteiger partial charge >= 0.3 is 0 Å². The highest BCUT2D eigenvalue weighted by Crippen LogP contribution is 2.15. The van der Waals surface area contributed by atoms with Gasteiger partial charge in [0.2, 0.25) is 5.91 Å². The Labute approximate surface area is 90.2 Å². The molecule has 1 saturated heterocycles. The first-order valence-electron chi connectivity index (χ1n) is 5.30. The molecule has 0 aliphatic carbocycles. The van der Waals surface area contributed by atoms with E-state index < -0.39 is 6.10 Å². The number of hydrogen-bond donors (Lipinski definition) is 3. The molecule has 0 saturated carbocycles. The average Bonchev–Trinajstić information content (AvgIpc) is 2.61. The monoisotopic (exact) mass is 216 g/mol. The van der Waals surface area contributed by atoms with Gasteiger partial charge in [-0.2, -0.15) is 0 Å². The van der Waals surface area contributed by atoms with E-state index >= 15 is 0 Å². The zero-order valence-electron chi connectivity index (χ0n) is 9.32. The highest BCUT2D eigenvalue weighted by Gasteiger charge is 2.29. The molecule has 1 fully saturated rings. The van der Waals surface area contributed by atoms with Crippen LogP contribution in [0, 0.1) is 11.8 Å². The fourth-order valence-corrected chi connectivity index (χ4v) is 1.76. The minimum atomic E-state index is -0.622. The van der Waals surface area contributed by atoms with Crippen LogP contribution in [0.1, 0.15) is 6.92 Å². The molecule has 0 aromatic heterocycles.